The summed E-state index contributed by atoms with van der Waals surface area (Å²) in [6.07, 6.45) is 3.83. The zero-order valence-corrected chi connectivity index (χ0v) is 10.2. The van der Waals surface area contributed by atoms with E-state index >= 15 is 0 Å². The average molecular weight is 223 g/mol. The molecule has 0 bridgehead atoms. The van der Waals surface area contributed by atoms with E-state index in [1.165, 1.54) is 5.69 Å². The Morgan fingerprint density at radius 2 is 2.06 bits per heavy atom. The minimum Gasteiger partial charge on any atom is -0.334 e. The Labute approximate surface area is 97.0 Å². The van der Waals surface area contributed by atoms with Crippen molar-refractivity contribution in [3.8, 4) is 0 Å². The monoisotopic (exact) mass is 223 g/mol. The van der Waals surface area contributed by atoms with Gasteiger partial charge in [-0.1, -0.05) is 0 Å². The van der Waals surface area contributed by atoms with Gasteiger partial charge in [0.2, 0.25) is 0 Å². The maximum Gasteiger partial charge on any atom is 0.0948 e. The Morgan fingerprint density at radius 1 is 1.31 bits per heavy atom. The van der Waals surface area contributed by atoms with E-state index in [1.54, 1.807) is 0 Å². The standard InChI is InChI=1S/C11H21N5/c1-3-15-10-12-8-11(15)9-13-16-6-4-14(2)5-7-16/h8,10,13H,3-7,9H2,1-2H3. The molecule has 2 rings (SSSR count). The maximum atomic E-state index is 4.16. The molecule has 1 saturated heterocycles. The van der Waals surface area contributed by atoms with Gasteiger partial charge < -0.3 is 9.47 Å². The third-order valence-electron chi connectivity index (χ3n) is 3.13. The maximum absolute atomic E-state index is 4.16. The van der Waals surface area contributed by atoms with E-state index in [-0.39, 0.29) is 0 Å². The first kappa shape index (κ1) is 11.6. The average Bonchev–Trinajstić information content (AvgIpc) is 2.76. The van der Waals surface area contributed by atoms with E-state index in [4.69, 9.17) is 0 Å². The van der Waals surface area contributed by atoms with Crippen LogP contribution in [0.15, 0.2) is 12.5 Å². The highest BCUT2D eigenvalue weighted by Gasteiger charge is 2.13. The molecule has 1 fully saturated rings. The van der Waals surface area contributed by atoms with Crippen molar-refractivity contribution >= 4 is 0 Å². The summed E-state index contributed by atoms with van der Waals surface area (Å²) in [6.45, 7) is 8.46. The molecular formula is C11H21N5. The molecule has 2 heterocycles. The van der Waals surface area contributed by atoms with E-state index < -0.39 is 0 Å². The number of aromatic nitrogens is 2. The third kappa shape index (κ3) is 2.81. The molecule has 1 aliphatic rings. The van der Waals surface area contributed by atoms with Gasteiger partial charge in [-0.15, -0.1) is 0 Å². The molecule has 0 unspecified atom stereocenters. The molecule has 0 spiro atoms. The summed E-state index contributed by atoms with van der Waals surface area (Å²) in [4.78, 5) is 6.52. The fourth-order valence-corrected chi connectivity index (χ4v) is 1.94. The van der Waals surface area contributed by atoms with Gasteiger partial charge in [-0.05, 0) is 14.0 Å². The number of hydrogen-bond acceptors (Lipinski definition) is 4. The number of rotatable bonds is 4. The third-order valence-corrected chi connectivity index (χ3v) is 3.13. The van der Waals surface area contributed by atoms with Crippen LogP contribution in [0, 0.1) is 0 Å². The minimum absolute atomic E-state index is 0.873. The molecule has 90 valence electrons. The molecule has 0 saturated carbocycles. The van der Waals surface area contributed by atoms with Gasteiger partial charge in [0.15, 0.2) is 0 Å². The molecule has 1 N–H and O–H groups in total. The van der Waals surface area contributed by atoms with Crippen LogP contribution in [0.3, 0.4) is 0 Å². The quantitative estimate of drug-likeness (QED) is 0.788. The second-order valence-electron chi connectivity index (χ2n) is 4.30. The molecule has 0 aromatic carbocycles. The van der Waals surface area contributed by atoms with E-state index in [1.807, 2.05) is 12.5 Å². The van der Waals surface area contributed by atoms with Gasteiger partial charge in [0.25, 0.3) is 0 Å². The number of hydrogen-bond donors (Lipinski definition) is 1. The van der Waals surface area contributed by atoms with Crippen molar-refractivity contribution in [1.29, 1.82) is 0 Å². The van der Waals surface area contributed by atoms with E-state index in [0.717, 1.165) is 39.3 Å². The van der Waals surface area contributed by atoms with Crippen molar-refractivity contribution in [2.24, 2.45) is 0 Å². The Hall–Kier alpha value is -0.910. The lowest BCUT2D eigenvalue weighted by atomic mass is 10.4. The van der Waals surface area contributed by atoms with Gasteiger partial charge >= 0.3 is 0 Å². The normalized spacial score (nSPS) is 19.1. The van der Waals surface area contributed by atoms with Gasteiger partial charge in [-0.2, -0.15) is 0 Å². The SMILES string of the molecule is CCn1cncc1CNN1CCN(C)CC1. The summed E-state index contributed by atoms with van der Waals surface area (Å²) in [5.74, 6) is 0. The van der Waals surface area contributed by atoms with Gasteiger partial charge in [0.1, 0.15) is 0 Å². The lowest BCUT2D eigenvalue weighted by molar-refractivity contribution is 0.101. The van der Waals surface area contributed by atoms with E-state index in [2.05, 4.69) is 38.9 Å². The predicted molar refractivity (Wildman–Crippen MR) is 63.8 cm³/mol. The second kappa shape index (κ2) is 5.43. The fourth-order valence-electron chi connectivity index (χ4n) is 1.94. The Balaban J connectivity index is 1.79. The van der Waals surface area contributed by atoms with Crippen LogP contribution in [0.25, 0.3) is 0 Å². The summed E-state index contributed by atoms with van der Waals surface area (Å²) in [6, 6.07) is 0. The molecule has 1 aromatic heterocycles. The molecule has 1 aromatic rings. The number of likely N-dealkylation sites (N-methyl/N-ethyl adjacent to an activating group) is 1. The largest absolute Gasteiger partial charge is 0.334 e. The molecule has 0 amide bonds. The molecule has 1 aliphatic heterocycles. The summed E-state index contributed by atoms with van der Waals surface area (Å²) < 4.78 is 2.17. The van der Waals surface area contributed by atoms with Crippen LogP contribution in [-0.2, 0) is 13.1 Å². The van der Waals surface area contributed by atoms with Crippen molar-refractivity contribution in [3.63, 3.8) is 0 Å². The lowest BCUT2D eigenvalue weighted by Gasteiger charge is -2.32. The van der Waals surface area contributed by atoms with Crippen molar-refractivity contribution in [2.75, 3.05) is 33.2 Å². The molecule has 0 radical (unpaired) electrons. The summed E-state index contributed by atoms with van der Waals surface area (Å²) in [7, 11) is 2.17. The van der Waals surface area contributed by atoms with Crippen LogP contribution in [0.5, 0.6) is 0 Å². The van der Waals surface area contributed by atoms with Crippen molar-refractivity contribution < 1.29 is 0 Å². The lowest BCUT2D eigenvalue weighted by Crippen LogP contribution is -2.50. The molecule has 0 aliphatic carbocycles. The van der Waals surface area contributed by atoms with Crippen LogP contribution < -0.4 is 5.43 Å². The van der Waals surface area contributed by atoms with Gasteiger partial charge in [0.05, 0.1) is 18.6 Å². The molecule has 5 nitrogen and oxygen atoms in total. The predicted octanol–water partition coefficient (Wildman–Crippen LogP) is 0.155. The van der Waals surface area contributed by atoms with E-state index in [0.29, 0.717) is 0 Å². The number of nitrogens with zero attached hydrogens (tertiary/aromatic N) is 4. The molecule has 5 heteroatoms. The van der Waals surface area contributed by atoms with Crippen molar-refractivity contribution in [1.82, 2.24) is 24.9 Å². The molecule has 0 atom stereocenters. The Bertz CT molecular complexity index is 314. The van der Waals surface area contributed by atoms with Gasteiger partial charge in [0, 0.05) is 38.9 Å². The van der Waals surface area contributed by atoms with Crippen LogP contribution in [0.4, 0.5) is 0 Å². The molecular weight excluding hydrogens is 202 g/mol. The van der Waals surface area contributed by atoms with Gasteiger partial charge in [-0.3, -0.25) is 0 Å². The number of hydrazine groups is 1. The highest BCUT2D eigenvalue weighted by atomic mass is 15.5. The summed E-state index contributed by atoms with van der Waals surface area (Å²) >= 11 is 0. The summed E-state index contributed by atoms with van der Waals surface area (Å²) in [5, 5.41) is 2.30. The van der Waals surface area contributed by atoms with E-state index in [9.17, 15) is 0 Å². The first-order chi connectivity index (χ1) is 7.79. The van der Waals surface area contributed by atoms with Crippen LogP contribution in [-0.4, -0.2) is 52.7 Å². The van der Waals surface area contributed by atoms with Gasteiger partial charge in [-0.25, -0.2) is 15.4 Å². The molecule has 16 heavy (non-hydrogen) atoms. The van der Waals surface area contributed by atoms with Crippen LogP contribution >= 0.6 is 0 Å². The zero-order valence-electron chi connectivity index (χ0n) is 10.2. The second-order valence-corrected chi connectivity index (χ2v) is 4.30. The zero-order chi connectivity index (χ0) is 11.4. The van der Waals surface area contributed by atoms with Crippen molar-refractivity contribution in [2.45, 2.75) is 20.0 Å². The first-order valence-electron chi connectivity index (χ1n) is 5.95. The topological polar surface area (TPSA) is 36.3 Å². The number of piperazine rings is 1. The number of imidazole rings is 1. The highest BCUT2D eigenvalue weighted by molar-refractivity contribution is 4.97. The Kier molecular flexibility index (Phi) is 3.93. The van der Waals surface area contributed by atoms with Crippen molar-refractivity contribution in [3.05, 3.63) is 18.2 Å². The number of aryl methyl sites for hydroxylation is 1. The smallest absolute Gasteiger partial charge is 0.0948 e. The highest BCUT2D eigenvalue weighted by Crippen LogP contribution is 2.01. The number of nitrogens with one attached hydrogen (secondary N) is 1. The van der Waals surface area contributed by atoms with Crippen LogP contribution in [0.2, 0.25) is 0 Å². The fraction of sp³-hybridized carbons (Fsp3) is 0.727. The summed E-state index contributed by atoms with van der Waals surface area (Å²) in [5.41, 5.74) is 4.72. The minimum atomic E-state index is 0.873. The van der Waals surface area contributed by atoms with Crippen LogP contribution in [0.1, 0.15) is 12.6 Å². The first-order valence-corrected chi connectivity index (χ1v) is 5.95. The Morgan fingerprint density at radius 3 is 2.75 bits per heavy atom.